The van der Waals surface area contributed by atoms with Gasteiger partial charge in [-0.25, -0.2) is 0 Å². The summed E-state index contributed by atoms with van der Waals surface area (Å²) in [6.45, 7) is 3.69. The number of allylic oxidation sites excluding steroid dienone is 3. The zero-order valence-corrected chi connectivity index (χ0v) is 7.43. The molecule has 0 saturated heterocycles. The second-order valence-corrected chi connectivity index (χ2v) is 2.76. The molecule has 62 valence electrons. The first-order valence-electron chi connectivity index (χ1n) is 4.11. The number of terminal acetylenes is 1. The standard InChI is InChI=1S/C11H13N/c1-4-9(5-2)10-7-6-8-11(10)12-3/h1,5H,2,6-8H2,3H3/b10-9-,12-11-. The molecule has 0 radical (unpaired) electrons. The smallest absolute Gasteiger partial charge is 0.0389 e. The van der Waals surface area contributed by atoms with Gasteiger partial charge in [-0.1, -0.05) is 18.6 Å². The molecule has 12 heavy (non-hydrogen) atoms. The second kappa shape index (κ2) is 3.92. The van der Waals surface area contributed by atoms with Crippen molar-refractivity contribution in [3.8, 4) is 12.3 Å². The Bertz CT molecular complexity index is 287. The highest BCUT2D eigenvalue weighted by molar-refractivity contribution is 6.03. The predicted molar refractivity (Wildman–Crippen MR) is 53.3 cm³/mol. The van der Waals surface area contributed by atoms with E-state index < -0.39 is 0 Å². The summed E-state index contributed by atoms with van der Waals surface area (Å²) in [5, 5.41) is 0. The Balaban J connectivity index is 3.09. The van der Waals surface area contributed by atoms with Gasteiger partial charge in [-0.15, -0.1) is 6.42 Å². The maximum atomic E-state index is 5.35. The summed E-state index contributed by atoms with van der Waals surface area (Å²) < 4.78 is 0. The van der Waals surface area contributed by atoms with Crippen LogP contribution in [-0.2, 0) is 0 Å². The molecule has 1 rings (SSSR count). The minimum Gasteiger partial charge on any atom is -0.293 e. The topological polar surface area (TPSA) is 12.4 Å². The summed E-state index contributed by atoms with van der Waals surface area (Å²) in [7, 11) is 1.82. The molecule has 1 aliphatic rings. The summed E-state index contributed by atoms with van der Waals surface area (Å²) in [6, 6.07) is 0. The van der Waals surface area contributed by atoms with Crippen molar-refractivity contribution < 1.29 is 0 Å². The Labute approximate surface area is 73.9 Å². The molecular formula is C11H13N. The fraction of sp³-hybridized carbons (Fsp3) is 0.364. The average molecular weight is 159 g/mol. The first-order chi connectivity index (χ1) is 5.83. The van der Waals surface area contributed by atoms with Crippen LogP contribution in [0.2, 0.25) is 0 Å². The SMILES string of the molecule is C#C/C(C=C)=C1\CCC\C1=N\C. The van der Waals surface area contributed by atoms with Crippen LogP contribution in [-0.4, -0.2) is 12.8 Å². The van der Waals surface area contributed by atoms with Gasteiger partial charge < -0.3 is 0 Å². The Morgan fingerprint density at radius 2 is 2.42 bits per heavy atom. The lowest BCUT2D eigenvalue weighted by Gasteiger charge is -2.00. The van der Waals surface area contributed by atoms with Gasteiger partial charge >= 0.3 is 0 Å². The lowest BCUT2D eigenvalue weighted by molar-refractivity contribution is 0.944. The Morgan fingerprint density at radius 1 is 1.67 bits per heavy atom. The van der Waals surface area contributed by atoms with Crippen molar-refractivity contribution >= 4 is 5.71 Å². The monoisotopic (exact) mass is 159 g/mol. The fourth-order valence-electron chi connectivity index (χ4n) is 1.53. The molecule has 0 spiro atoms. The molecular weight excluding hydrogens is 146 g/mol. The quantitative estimate of drug-likeness (QED) is 0.521. The summed E-state index contributed by atoms with van der Waals surface area (Å²) in [4.78, 5) is 4.20. The van der Waals surface area contributed by atoms with Crippen molar-refractivity contribution in [3.63, 3.8) is 0 Å². The van der Waals surface area contributed by atoms with E-state index in [4.69, 9.17) is 6.42 Å². The van der Waals surface area contributed by atoms with Crippen molar-refractivity contribution in [1.29, 1.82) is 0 Å². The highest BCUT2D eigenvalue weighted by atomic mass is 14.7. The van der Waals surface area contributed by atoms with Crippen LogP contribution in [0.5, 0.6) is 0 Å². The predicted octanol–water partition coefficient (Wildman–Crippen LogP) is 2.36. The van der Waals surface area contributed by atoms with Gasteiger partial charge in [0.05, 0.1) is 0 Å². The van der Waals surface area contributed by atoms with E-state index in [9.17, 15) is 0 Å². The van der Waals surface area contributed by atoms with E-state index in [0.29, 0.717) is 0 Å². The van der Waals surface area contributed by atoms with E-state index in [-0.39, 0.29) is 0 Å². The number of hydrogen-bond acceptors (Lipinski definition) is 1. The highest BCUT2D eigenvalue weighted by Gasteiger charge is 2.16. The zero-order chi connectivity index (χ0) is 8.97. The molecule has 0 aromatic rings. The molecule has 0 bridgehead atoms. The first-order valence-corrected chi connectivity index (χ1v) is 4.11. The van der Waals surface area contributed by atoms with Gasteiger partial charge in [0.1, 0.15) is 0 Å². The van der Waals surface area contributed by atoms with Crippen molar-refractivity contribution in [2.45, 2.75) is 19.3 Å². The molecule has 1 aliphatic carbocycles. The Morgan fingerprint density at radius 3 is 2.92 bits per heavy atom. The van der Waals surface area contributed by atoms with E-state index in [1.165, 1.54) is 12.0 Å². The summed E-state index contributed by atoms with van der Waals surface area (Å²) in [6.07, 6.45) is 10.4. The number of aliphatic imine (C=N–C) groups is 1. The normalized spacial score (nSPS) is 23.8. The van der Waals surface area contributed by atoms with Crippen molar-refractivity contribution in [2.75, 3.05) is 7.05 Å². The van der Waals surface area contributed by atoms with E-state index >= 15 is 0 Å². The van der Waals surface area contributed by atoms with E-state index in [0.717, 1.165) is 24.1 Å². The van der Waals surface area contributed by atoms with Gasteiger partial charge in [0.15, 0.2) is 0 Å². The zero-order valence-electron chi connectivity index (χ0n) is 7.43. The van der Waals surface area contributed by atoms with Crippen LogP contribution in [0, 0.1) is 12.3 Å². The first kappa shape index (κ1) is 8.80. The molecule has 1 nitrogen and oxygen atoms in total. The van der Waals surface area contributed by atoms with Crippen molar-refractivity contribution in [1.82, 2.24) is 0 Å². The van der Waals surface area contributed by atoms with Gasteiger partial charge in [0.25, 0.3) is 0 Å². The molecule has 0 atom stereocenters. The van der Waals surface area contributed by atoms with Gasteiger partial charge in [-0.2, -0.15) is 0 Å². The second-order valence-electron chi connectivity index (χ2n) is 2.76. The molecule has 0 aliphatic heterocycles. The van der Waals surface area contributed by atoms with Crippen LogP contribution in [0.15, 0.2) is 28.8 Å². The van der Waals surface area contributed by atoms with Crippen LogP contribution >= 0.6 is 0 Å². The summed E-state index contributed by atoms with van der Waals surface area (Å²) in [5.41, 5.74) is 3.28. The molecule has 0 amide bonds. The van der Waals surface area contributed by atoms with Crippen LogP contribution in [0.1, 0.15) is 19.3 Å². The van der Waals surface area contributed by atoms with E-state index in [1.807, 2.05) is 7.05 Å². The average Bonchev–Trinajstić information content (AvgIpc) is 2.55. The van der Waals surface area contributed by atoms with Gasteiger partial charge in [0.2, 0.25) is 0 Å². The molecule has 1 fully saturated rings. The summed E-state index contributed by atoms with van der Waals surface area (Å²) in [5.74, 6) is 2.64. The van der Waals surface area contributed by atoms with E-state index in [2.05, 4.69) is 17.5 Å². The third-order valence-electron chi connectivity index (χ3n) is 2.14. The fourth-order valence-corrected chi connectivity index (χ4v) is 1.53. The highest BCUT2D eigenvalue weighted by Crippen LogP contribution is 2.24. The van der Waals surface area contributed by atoms with Gasteiger partial charge in [0, 0.05) is 18.3 Å². The Kier molecular flexibility index (Phi) is 2.88. The third kappa shape index (κ3) is 1.48. The van der Waals surface area contributed by atoms with Crippen LogP contribution in [0.3, 0.4) is 0 Å². The lowest BCUT2D eigenvalue weighted by atomic mass is 10.1. The number of rotatable bonds is 1. The van der Waals surface area contributed by atoms with Crippen molar-refractivity contribution in [2.24, 2.45) is 4.99 Å². The molecule has 0 aromatic carbocycles. The Hall–Kier alpha value is -1.29. The van der Waals surface area contributed by atoms with Crippen LogP contribution in [0.25, 0.3) is 0 Å². The van der Waals surface area contributed by atoms with Gasteiger partial charge in [-0.05, 0) is 24.8 Å². The van der Waals surface area contributed by atoms with Gasteiger partial charge in [-0.3, -0.25) is 4.99 Å². The van der Waals surface area contributed by atoms with Crippen LogP contribution < -0.4 is 0 Å². The molecule has 0 heterocycles. The third-order valence-corrected chi connectivity index (χ3v) is 2.14. The number of nitrogens with zero attached hydrogens (tertiary/aromatic N) is 1. The van der Waals surface area contributed by atoms with Crippen LogP contribution in [0.4, 0.5) is 0 Å². The minimum absolute atomic E-state index is 0.910. The maximum Gasteiger partial charge on any atom is 0.0389 e. The maximum absolute atomic E-state index is 5.35. The molecule has 0 N–H and O–H groups in total. The van der Waals surface area contributed by atoms with E-state index in [1.54, 1.807) is 6.08 Å². The molecule has 1 saturated carbocycles. The minimum atomic E-state index is 0.910. The molecule has 0 aromatic heterocycles. The molecule has 1 heteroatoms. The largest absolute Gasteiger partial charge is 0.293 e. The number of hydrogen-bond donors (Lipinski definition) is 0. The van der Waals surface area contributed by atoms with Crippen molar-refractivity contribution in [3.05, 3.63) is 23.8 Å². The summed E-state index contributed by atoms with van der Waals surface area (Å²) >= 11 is 0. The lowest BCUT2D eigenvalue weighted by Crippen LogP contribution is -1.95. The molecule has 0 unspecified atom stereocenters.